The standard InChI is InChI=1S/C33H34O7/c1-34-26-7-5-6-22(16-26)10-13-25-19-33(30(37-4)20-29(25)36-3)40-32-18-24(11-14-27(32)35-2)9-8-23-12-15-28-31(17-23)39-21-38-28/h5-7,11-12,14-20H,8-10,13,21H2,1-4H3. The summed E-state index contributed by atoms with van der Waals surface area (Å²) in [5.41, 5.74) is 4.50. The summed E-state index contributed by atoms with van der Waals surface area (Å²) in [6.07, 6.45) is 3.25. The normalized spacial score (nSPS) is 11.7. The summed E-state index contributed by atoms with van der Waals surface area (Å²) < 4.78 is 39.8. The number of rotatable bonds is 12. The molecule has 40 heavy (non-hydrogen) atoms. The van der Waals surface area contributed by atoms with E-state index in [9.17, 15) is 0 Å². The molecule has 0 atom stereocenters. The summed E-state index contributed by atoms with van der Waals surface area (Å²) in [7, 11) is 6.60. The Balaban J connectivity index is 1.36. The number of ether oxygens (including phenoxy) is 7. The second kappa shape index (κ2) is 12.6. The van der Waals surface area contributed by atoms with Crippen LogP contribution in [-0.2, 0) is 25.7 Å². The van der Waals surface area contributed by atoms with Gasteiger partial charge >= 0.3 is 0 Å². The second-order valence-electron chi connectivity index (χ2n) is 9.44. The predicted octanol–water partition coefficient (Wildman–Crippen LogP) is 6.81. The highest BCUT2D eigenvalue weighted by atomic mass is 16.7. The van der Waals surface area contributed by atoms with Gasteiger partial charge in [0.2, 0.25) is 6.79 Å². The Morgan fingerprint density at radius 3 is 1.98 bits per heavy atom. The Labute approximate surface area is 235 Å². The third kappa shape index (κ3) is 6.20. The molecule has 0 unspecified atom stereocenters. The van der Waals surface area contributed by atoms with Crippen molar-refractivity contribution in [2.45, 2.75) is 25.7 Å². The van der Waals surface area contributed by atoms with Crippen molar-refractivity contribution in [3.05, 3.63) is 95.1 Å². The van der Waals surface area contributed by atoms with E-state index in [1.165, 1.54) is 11.1 Å². The Hall–Kier alpha value is -4.52. The average molecular weight is 543 g/mol. The summed E-state index contributed by atoms with van der Waals surface area (Å²) in [6.45, 7) is 0.273. The number of methoxy groups -OCH3 is 4. The molecular formula is C33H34O7. The van der Waals surface area contributed by atoms with Gasteiger partial charge < -0.3 is 33.2 Å². The summed E-state index contributed by atoms with van der Waals surface area (Å²) in [4.78, 5) is 0. The lowest BCUT2D eigenvalue weighted by molar-refractivity contribution is 0.174. The lowest BCUT2D eigenvalue weighted by Gasteiger charge is -2.17. The van der Waals surface area contributed by atoms with Crippen molar-refractivity contribution >= 4 is 0 Å². The molecule has 1 aliphatic heterocycles. The van der Waals surface area contributed by atoms with Crippen molar-refractivity contribution in [1.29, 1.82) is 0 Å². The minimum absolute atomic E-state index is 0.273. The van der Waals surface area contributed by atoms with Gasteiger partial charge in [0, 0.05) is 6.07 Å². The maximum atomic E-state index is 6.44. The number of benzene rings is 4. The minimum atomic E-state index is 0.273. The molecule has 0 radical (unpaired) electrons. The van der Waals surface area contributed by atoms with Crippen LogP contribution in [0, 0.1) is 0 Å². The van der Waals surface area contributed by atoms with Crippen LogP contribution in [0.4, 0.5) is 0 Å². The lowest BCUT2D eigenvalue weighted by atomic mass is 10.0. The molecule has 0 saturated carbocycles. The fourth-order valence-corrected chi connectivity index (χ4v) is 4.78. The van der Waals surface area contributed by atoms with Crippen molar-refractivity contribution in [3.63, 3.8) is 0 Å². The van der Waals surface area contributed by atoms with E-state index in [2.05, 4.69) is 18.2 Å². The lowest BCUT2D eigenvalue weighted by Crippen LogP contribution is -2.00. The maximum Gasteiger partial charge on any atom is 0.231 e. The molecule has 0 aromatic heterocycles. The van der Waals surface area contributed by atoms with Crippen LogP contribution in [0.3, 0.4) is 0 Å². The summed E-state index contributed by atoms with van der Waals surface area (Å²) >= 11 is 0. The molecule has 208 valence electrons. The van der Waals surface area contributed by atoms with Gasteiger partial charge in [0.15, 0.2) is 34.5 Å². The zero-order valence-corrected chi connectivity index (χ0v) is 23.3. The maximum absolute atomic E-state index is 6.44. The average Bonchev–Trinajstić information content (AvgIpc) is 3.47. The quantitative estimate of drug-likeness (QED) is 0.195. The van der Waals surface area contributed by atoms with Gasteiger partial charge in [-0.05, 0) is 90.4 Å². The van der Waals surface area contributed by atoms with Gasteiger partial charge in [0.05, 0.1) is 28.4 Å². The van der Waals surface area contributed by atoms with Gasteiger partial charge in [-0.15, -0.1) is 0 Å². The molecule has 0 fully saturated rings. The Morgan fingerprint density at radius 2 is 1.20 bits per heavy atom. The SMILES string of the molecule is COc1cccc(CCc2cc(Oc3cc(CCc4ccc5c(c4)OCO5)ccc3OC)c(OC)cc2OC)c1. The smallest absolute Gasteiger partial charge is 0.231 e. The molecule has 1 aliphatic rings. The number of hydrogen-bond donors (Lipinski definition) is 0. The van der Waals surface area contributed by atoms with Gasteiger partial charge in [-0.25, -0.2) is 0 Å². The van der Waals surface area contributed by atoms with Gasteiger partial charge in [-0.2, -0.15) is 0 Å². The van der Waals surface area contributed by atoms with Crippen molar-refractivity contribution in [2.75, 3.05) is 35.2 Å². The summed E-state index contributed by atoms with van der Waals surface area (Å²) in [6, 6.07) is 24.0. The molecule has 7 heteroatoms. The van der Waals surface area contributed by atoms with Gasteiger partial charge in [-0.3, -0.25) is 0 Å². The highest BCUT2D eigenvalue weighted by molar-refractivity contribution is 5.54. The molecule has 0 saturated heterocycles. The fraction of sp³-hybridized carbons (Fsp3) is 0.273. The Morgan fingerprint density at radius 1 is 0.525 bits per heavy atom. The molecule has 0 amide bonds. The van der Waals surface area contributed by atoms with Gasteiger partial charge in [0.25, 0.3) is 0 Å². The van der Waals surface area contributed by atoms with Gasteiger partial charge in [0.1, 0.15) is 11.5 Å². The Kier molecular flexibility index (Phi) is 8.50. The zero-order valence-electron chi connectivity index (χ0n) is 23.3. The monoisotopic (exact) mass is 542 g/mol. The second-order valence-corrected chi connectivity index (χ2v) is 9.44. The van der Waals surface area contributed by atoms with Crippen LogP contribution >= 0.6 is 0 Å². The highest BCUT2D eigenvalue weighted by Crippen LogP contribution is 2.41. The first-order valence-electron chi connectivity index (χ1n) is 13.2. The first-order valence-corrected chi connectivity index (χ1v) is 13.2. The largest absolute Gasteiger partial charge is 0.497 e. The van der Waals surface area contributed by atoms with Crippen molar-refractivity contribution in [2.24, 2.45) is 0 Å². The van der Waals surface area contributed by atoms with E-state index in [0.29, 0.717) is 23.0 Å². The molecule has 0 aliphatic carbocycles. The third-order valence-electron chi connectivity index (χ3n) is 6.97. The van der Waals surface area contributed by atoms with E-state index in [1.807, 2.05) is 54.6 Å². The number of fused-ring (bicyclic) bond motifs is 1. The van der Waals surface area contributed by atoms with Crippen molar-refractivity contribution < 1.29 is 33.2 Å². The molecule has 4 aromatic carbocycles. The van der Waals surface area contributed by atoms with E-state index < -0.39 is 0 Å². The van der Waals surface area contributed by atoms with Crippen molar-refractivity contribution in [3.8, 4) is 46.0 Å². The Bertz CT molecular complexity index is 1460. The topological polar surface area (TPSA) is 64.6 Å². The van der Waals surface area contributed by atoms with Crippen LogP contribution in [-0.4, -0.2) is 35.2 Å². The third-order valence-corrected chi connectivity index (χ3v) is 6.97. The molecule has 1 heterocycles. The number of hydrogen-bond acceptors (Lipinski definition) is 7. The fourth-order valence-electron chi connectivity index (χ4n) is 4.78. The minimum Gasteiger partial charge on any atom is -0.497 e. The van der Waals surface area contributed by atoms with Crippen LogP contribution < -0.4 is 33.2 Å². The molecule has 0 bridgehead atoms. The highest BCUT2D eigenvalue weighted by Gasteiger charge is 2.17. The van der Waals surface area contributed by atoms with Crippen LogP contribution in [0.1, 0.15) is 22.3 Å². The van der Waals surface area contributed by atoms with Crippen LogP contribution in [0.25, 0.3) is 0 Å². The first kappa shape index (κ1) is 27.1. The van der Waals surface area contributed by atoms with E-state index >= 15 is 0 Å². The molecule has 4 aromatic rings. The van der Waals surface area contributed by atoms with E-state index in [0.717, 1.165) is 59.8 Å². The molecular weight excluding hydrogens is 508 g/mol. The first-order chi connectivity index (χ1) is 19.6. The van der Waals surface area contributed by atoms with Gasteiger partial charge in [-0.1, -0.05) is 24.3 Å². The molecule has 7 nitrogen and oxygen atoms in total. The van der Waals surface area contributed by atoms with Crippen LogP contribution in [0.15, 0.2) is 72.8 Å². The molecule has 5 rings (SSSR count). The molecule has 0 N–H and O–H groups in total. The predicted molar refractivity (Wildman–Crippen MR) is 153 cm³/mol. The summed E-state index contributed by atoms with van der Waals surface area (Å²) in [5.74, 6) is 5.61. The van der Waals surface area contributed by atoms with E-state index in [4.69, 9.17) is 33.2 Å². The van der Waals surface area contributed by atoms with Crippen molar-refractivity contribution in [1.82, 2.24) is 0 Å². The van der Waals surface area contributed by atoms with E-state index in [1.54, 1.807) is 28.4 Å². The zero-order chi connectivity index (χ0) is 27.9. The van der Waals surface area contributed by atoms with E-state index in [-0.39, 0.29) is 6.79 Å². The summed E-state index contributed by atoms with van der Waals surface area (Å²) in [5, 5.41) is 0. The number of aryl methyl sites for hydroxylation is 4. The van der Waals surface area contributed by atoms with Crippen LogP contribution in [0.2, 0.25) is 0 Å². The molecule has 0 spiro atoms. The van der Waals surface area contributed by atoms with Crippen LogP contribution in [0.5, 0.6) is 46.0 Å².